The smallest absolute Gasteiger partial charge is 0.353 e. The predicted octanol–water partition coefficient (Wildman–Crippen LogP) is 3.26. The lowest BCUT2D eigenvalue weighted by molar-refractivity contribution is -0.137. The maximum atomic E-state index is 13.1. The van der Waals surface area contributed by atoms with Crippen molar-refractivity contribution in [1.82, 2.24) is 9.29 Å². The van der Waals surface area contributed by atoms with Crippen LogP contribution >= 0.6 is 11.6 Å². The van der Waals surface area contributed by atoms with E-state index >= 15 is 0 Å². The lowest BCUT2D eigenvalue weighted by Crippen LogP contribution is -2.49. The number of anilines is 1. The number of rotatable bonds is 3. The quantitative estimate of drug-likeness (QED) is 0.786. The van der Waals surface area contributed by atoms with Gasteiger partial charge < -0.3 is 4.90 Å². The molecule has 0 spiro atoms. The molecule has 0 saturated carbocycles. The van der Waals surface area contributed by atoms with Crippen LogP contribution in [0.4, 0.5) is 19.0 Å². The third-order valence-corrected chi connectivity index (χ3v) is 6.48. The molecule has 0 bridgehead atoms. The van der Waals surface area contributed by atoms with Gasteiger partial charge in [-0.2, -0.15) is 17.5 Å². The molecule has 1 saturated heterocycles. The zero-order chi connectivity index (χ0) is 18.9. The van der Waals surface area contributed by atoms with Crippen LogP contribution in [0.15, 0.2) is 47.5 Å². The highest BCUT2D eigenvalue weighted by Gasteiger charge is 2.37. The maximum absolute atomic E-state index is 13.1. The molecular formula is C16H15ClF3N3O2S. The monoisotopic (exact) mass is 405 g/mol. The largest absolute Gasteiger partial charge is 0.419 e. The SMILES string of the molecule is O=S(=O)(c1ccccc1Cl)N1CCN(c2ncccc2C(F)(F)F)CC1. The van der Waals surface area contributed by atoms with Crippen molar-refractivity contribution in [2.75, 3.05) is 31.1 Å². The second kappa shape index (κ2) is 7.05. The number of pyridine rings is 1. The number of piperazine rings is 1. The van der Waals surface area contributed by atoms with Crippen LogP contribution in [-0.4, -0.2) is 43.9 Å². The molecular weight excluding hydrogens is 391 g/mol. The molecule has 3 rings (SSSR count). The molecule has 140 valence electrons. The van der Waals surface area contributed by atoms with Gasteiger partial charge in [0.15, 0.2) is 0 Å². The van der Waals surface area contributed by atoms with E-state index in [1.807, 2.05) is 0 Å². The maximum Gasteiger partial charge on any atom is 0.419 e. The summed E-state index contributed by atoms with van der Waals surface area (Å²) in [4.78, 5) is 5.28. The topological polar surface area (TPSA) is 53.5 Å². The van der Waals surface area contributed by atoms with Crippen molar-refractivity contribution >= 4 is 27.4 Å². The van der Waals surface area contributed by atoms with E-state index in [1.54, 1.807) is 12.1 Å². The fourth-order valence-corrected chi connectivity index (χ4v) is 4.72. The Balaban J connectivity index is 1.80. The molecule has 26 heavy (non-hydrogen) atoms. The van der Waals surface area contributed by atoms with E-state index in [1.165, 1.54) is 33.6 Å². The molecule has 0 atom stereocenters. The summed E-state index contributed by atoms with van der Waals surface area (Å²) in [6.07, 6.45) is -3.23. The molecule has 1 aliphatic rings. The first-order valence-electron chi connectivity index (χ1n) is 7.73. The molecule has 0 amide bonds. The van der Waals surface area contributed by atoms with Crippen molar-refractivity contribution < 1.29 is 21.6 Å². The molecule has 1 aliphatic heterocycles. The van der Waals surface area contributed by atoms with Gasteiger partial charge in [0.2, 0.25) is 10.0 Å². The van der Waals surface area contributed by atoms with Crippen molar-refractivity contribution in [3.8, 4) is 0 Å². The van der Waals surface area contributed by atoms with Crippen LogP contribution in [0.2, 0.25) is 5.02 Å². The van der Waals surface area contributed by atoms with Crippen LogP contribution in [0, 0.1) is 0 Å². The molecule has 5 nitrogen and oxygen atoms in total. The van der Waals surface area contributed by atoms with E-state index < -0.39 is 21.8 Å². The van der Waals surface area contributed by atoms with Crippen LogP contribution in [0.1, 0.15) is 5.56 Å². The van der Waals surface area contributed by atoms with E-state index in [9.17, 15) is 21.6 Å². The average Bonchev–Trinajstić information content (AvgIpc) is 2.61. The molecule has 2 heterocycles. The van der Waals surface area contributed by atoms with Gasteiger partial charge in [0.25, 0.3) is 0 Å². The van der Waals surface area contributed by atoms with E-state index in [0.717, 1.165) is 6.07 Å². The first-order chi connectivity index (χ1) is 12.2. The lowest BCUT2D eigenvalue weighted by Gasteiger charge is -2.35. The summed E-state index contributed by atoms with van der Waals surface area (Å²) in [6, 6.07) is 8.27. The number of sulfonamides is 1. The minimum atomic E-state index is -4.52. The number of benzene rings is 1. The van der Waals surface area contributed by atoms with Crippen molar-refractivity contribution in [2.24, 2.45) is 0 Å². The second-order valence-corrected chi connectivity index (χ2v) is 8.01. The Morgan fingerprint density at radius 3 is 2.27 bits per heavy atom. The summed E-state index contributed by atoms with van der Waals surface area (Å²) in [5.74, 6) is -0.185. The highest BCUT2D eigenvalue weighted by Crippen LogP contribution is 2.35. The number of halogens is 4. The Morgan fingerprint density at radius 1 is 1.00 bits per heavy atom. The Morgan fingerprint density at radius 2 is 1.65 bits per heavy atom. The molecule has 0 aliphatic carbocycles. The summed E-state index contributed by atoms with van der Waals surface area (Å²) in [5, 5.41) is 0.110. The molecule has 0 radical (unpaired) electrons. The van der Waals surface area contributed by atoms with Gasteiger partial charge in [-0.15, -0.1) is 0 Å². The van der Waals surface area contributed by atoms with Gasteiger partial charge in [-0.05, 0) is 24.3 Å². The Kier molecular flexibility index (Phi) is 5.14. The predicted molar refractivity (Wildman–Crippen MR) is 91.7 cm³/mol. The Labute approximate surface area is 154 Å². The highest BCUT2D eigenvalue weighted by molar-refractivity contribution is 7.89. The van der Waals surface area contributed by atoms with E-state index in [0.29, 0.717) is 0 Å². The molecule has 1 aromatic carbocycles. The minimum absolute atomic E-state index is 0.0102. The normalized spacial score (nSPS) is 16.7. The molecule has 0 N–H and O–H groups in total. The summed E-state index contributed by atoms with van der Waals surface area (Å²) < 4.78 is 66.1. The number of aromatic nitrogens is 1. The summed E-state index contributed by atoms with van der Waals surface area (Å²) in [6.45, 7) is 0.288. The summed E-state index contributed by atoms with van der Waals surface area (Å²) in [7, 11) is -3.80. The van der Waals surface area contributed by atoms with Crippen LogP contribution in [0.5, 0.6) is 0 Å². The Hall–Kier alpha value is -1.84. The van der Waals surface area contributed by atoms with Crippen molar-refractivity contribution in [2.45, 2.75) is 11.1 Å². The lowest BCUT2D eigenvalue weighted by atomic mass is 10.2. The van der Waals surface area contributed by atoms with Crippen molar-refractivity contribution in [3.05, 3.63) is 53.2 Å². The molecule has 1 aromatic heterocycles. The molecule has 10 heteroatoms. The van der Waals surface area contributed by atoms with Gasteiger partial charge >= 0.3 is 6.18 Å². The van der Waals surface area contributed by atoms with Gasteiger partial charge in [0.1, 0.15) is 10.7 Å². The van der Waals surface area contributed by atoms with E-state index in [4.69, 9.17) is 11.6 Å². The summed E-state index contributed by atoms with van der Waals surface area (Å²) >= 11 is 5.97. The number of hydrogen-bond acceptors (Lipinski definition) is 4. The van der Waals surface area contributed by atoms with Crippen LogP contribution < -0.4 is 4.90 Å². The zero-order valence-electron chi connectivity index (χ0n) is 13.4. The van der Waals surface area contributed by atoms with Gasteiger partial charge in [0, 0.05) is 32.4 Å². The zero-order valence-corrected chi connectivity index (χ0v) is 15.0. The fraction of sp³-hybridized carbons (Fsp3) is 0.312. The first kappa shape index (κ1) is 18.9. The second-order valence-electron chi connectivity index (χ2n) is 5.69. The van der Waals surface area contributed by atoms with Crippen LogP contribution in [0.25, 0.3) is 0 Å². The molecule has 2 aromatic rings. The number of alkyl halides is 3. The third kappa shape index (κ3) is 3.65. The highest BCUT2D eigenvalue weighted by atomic mass is 35.5. The van der Waals surface area contributed by atoms with Crippen LogP contribution in [0.3, 0.4) is 0 Å². The van der Waals surface area contributed by atoms with Gasteiger partial charge in [-0.1, -0.05) is 23.7 Å². The van der Waals surface area contributed by atoms with E-state index in [2.05, 4.69) is 4.98 Å². The van der Waals surface area contributed by atoms with Crippen molar-refractivity contribution in [1.29, 1.82) is 0 Å². The third-order valence-electron chi connectivity index (χ3n) is 4.08. The fourth-order valence-electron chi connectivity index (χ4n) is 2.80. The standard InChI is InChI=1S/C16H15ClF3N3O2S/c17-13-5-1-2-6-14(13)26(24,25)23-10-8-22(9-11-23)15-12(16(18,19)20)4-3-7-21-15/h1-7H,8-11H2. The Bertz CT molecular complexity index is 898. The van der Waals surface area contributed by atoms with Gasteiger partial charge in [0.05, 0.1) is 10.6 Å². The van der Waals surface area contributed by atoms with Gasteiger partial charge in [-0.25, -0.2) is 13.4 Å². The van der Waals surface area contributed by atoms with Crippen LogP contribution in [-0.2, 0) is 16.2 Å². The number of nitrogens with zero attached hydrogens (tertiary/aromatic N) is 3. The van der Waals surface area contributed by atoms with Crippen molar-refractivity contribution in [3.63, 3.8) is 0 Å². The first-order valence-corrected chi connectivity index (χ1v) is 9.55. The minimum Gasteiger partial charge on any atom is -0.353 e. The molecule has 0 unspecified atom stereocenters. The van der Waals surface area contributed by atoms with Gasteiger partial charge in [-0.3, -0.25) is 0 Å². The van der Waals surface area contributed by atoms with E-state index in [-0.39, 0.29) is 41.9 Å². The average molecular weight is 406 g/mol. The number of hydrogen-bond donors (Lipinski definition) is 0. The molecule has 1 fully saturated rings. The summed E-state index contributed by atoms with van der Waals surface area (Å²) in [5.41, 5.74) is -0.831.